The minimum Gasteiger partial charge on any atom is -0.493 e. The maximum Gasteiger partial charge on any atom is 0.408 e. The van der Waals surface area contributed by atoms with Crippen LogP contribution < -0.4 is 20.1 Å². The van der Waals surface area contributed by atoms with Crippen LogP contribution in [0.5, 0.6) is 11.5 Å². The number of nitro groups is 1. The summed E-state index contributed by atoms with van der Waals surface area (Å²) in [6.07, 6.45) is 1.76. The molecule has 0 aromatic heterocycles. The summed E-state index contributed by atoms with van der Waals surface area (Å²) in [6, 6.07) is 1.57. The van der Waals surface area contributed by atoms with Gasteiger partial charge in [0, 0.05) is 6.42 Å². The lowest BCUT2D eigenvalue weighted by atomic mass is 10.1. The number of carbonyl (C=O) groups is 3. The van der Waals surface area contributed by atoms with Crippen molar-refractivity contribution in [2.45, 2.75) is 44.8 Å². The van der Waals surface area contributed by atoms with Gasteiger partial charge in [-0.2, -0.15) is 0 Å². The van der Waals surface area contributed by atoms with E-state index in [1.165, 1.54) is 32.2 Å². The molecule has 0 saturated heterocycles. The van der Waals surface area contributed by atoms with Crippen molar-refractivity contribution in [2.24, 2.45) is 0 Å². The Morgan fingerprint density at radius 2 is 2.00 bits per heavy atom. The highest BCUT2D eigenvalue weighted by Gasteiger charge is 2.28. The zero-order chi connectivity index (χ0) is 26.2. The van der Waals surface area contributed by atoms with Crippen LogP contribution in [0.25, 0.3) is 0 Å². The van der Waals surface area contributed by atoms with Gasteiger partial charge in [0.05, 0.1) is 30.3 Å². The number of methoxy groups -OCH3 is 1. The maximum absolute atomic E-state index is 12.5. The van der Waals surface area contributed by atoms with Gasteiger partial charge in [-0.15, -0.1) is 0 Å². The van der Waals surface area contributed by atoms with Crippen LogP contribution in [0.2, 0.25) is 0 Å². The summed E-state index contributed by atoms with van der Waals surface area (Å²) in [6.45, 7) is 5.71. The van der Waals surface area contributed by atoms with E-state index in [0.29, 0.717) is 32.2 Å². The molecule has 1 aromatic rings. The molecule has 35 heavy (non-hydrogen) atoms. The van der Waals surface area contributed by atoms with E-state index < -0.39 is 29.1 Å². The summed E-state index contributed by atoms with van der Waals surface area (Å²) >= 11 is 0. The smallest absolute Gasteiger partial charge is 0.408 e. The summed E-state index contributed by atoms with van der Waals surface area (Å²) < 4.78 is 21.2. The number of esters is 1. The first-order valence-corrected chi connectivity index (χ1v) is 11.1. The van der Waals surface area contributed by atoms with Crippen molar-refractivity contribution in [3.05, 3.63) is 40.5 Å². The van der Waals surface area contributed by atoms with Crippen LogP contribution in [-0.2, 0) is 19.1 Å². The van der Waals surface area contributed by atoms with Crippen LogP contribution in [-0.4, -0.2) is 63.2 Å². The maximum atomic E-state index is 12.5. The van der Waals surface area contributed by atoms with E-state index in [0.717, 1.165) is 6.29 Å². The number of benzene rings is 1. The molecule has 0 spiro atoms. The molecule has 1 rings (SSSR count). The van der Waals surface area contributed by atoms with Crippen LogP contribution in [0.4, 0.5) is 10.5 Å². The Morgan fingerprint density at radius 3 is 2.60 bits per heavy atom. The highest BCUT2D eigenvalue weighted by Crippen LogP contribution is 2.38. The van der Waals surface area contributed by atoms with E-state index in [9.17, 15) is 24.5 Å². The molecule has 2 atom stereocenters. The number of carbonyl (C=O) groups excluding carboxylic acids is 3. The molecule has 0 aliphatic carbocycles. The molecule has 194 valence electrons. The first kappa shape index (κ1) is 29.4. The Balaban J connectivity index is 3.01. The number of alkyl carbamates (subject to hydrolysis) is 1. The van der Waals surface area contributed by atoms with Crippen LogP contribution in [0.3, 0.4) is 0 Å². The topological polar surface area (TPSA) is 155 Å². The second-order valence-electron chi connectivity index (χ2n) is 7.39. The molecule has 0 heterocycles. The zero-order valence-corrected chi connectivity index (χ0v) is 20.2. The Morgan fingerprint density at radius 1 is 1.26 bits per heavy atom. The van der Waals surface area contributed by atoms with Crippen LogP contribution in [0.1, 0.15) is 44.3 Å². The predicted molar refractivity (Wildman–Crippen MR) is 127 cm³/mol. The third-order valence-corrected chi connectivity index (χ3v) is 4.79. The van der Waals surface area contributed by atoms with Gasteiger partial charge < -0.3 is 34.4 Å². The van der Waals surface area contributed by atoms with E-state index in [4.69, 9.17) is 18.9 Å². The van der Waals surface area contributed by atoms with Gasteiger partial charge in [-0.25, -0.2) is 9.59 Å². The molecule has 0 fully saturated rings. The molecule has 2 N–H and O–H groups in total. The molecule has 1 amide bonds. The minimum absolute atomic E-state index is 0.00988. The van der Waals surface area contributed by atoms with Gasteiger partial charge in [0.25, 0.3) is 5.69 Å². The number of hydrogen-bond acceptors (Lipinski definition) is 10. The third kappa shape index (κ3) is 10.0. The Kier molecular flexibility index (Phi) is 13.5. The summed E-state index contributed by atoms with van der Waals surface area (Å²) in [4.78, 5) is 46.3. The minimum atomic E-state index is -1.06. The monoisotopic (exact) mass is 495 g/mol. The van der Waals surface area contributed by atoms with E-state index in [1.807, 2.05) is 0 Å². The third-order valence-electron chi connectivity index (χ3n) is 4.79. The molecule has 0 aliphatic rings. The average molecular weight is 496 g/mol. The summed E-state index contributed by atoms with van der Waals surface area (Å²) in [5, 5.41) is 17.1. The van der Waals surface area contributed by atoms with Crippen molar-refractivity contribution >= 4 is 24.0 Å². The molecule has 2 unspecified atom stereocenters. The number of aldehydes is 1. The molecule has 0 bridgehead atoms. The van der Waals surface area contributed by atoms with Crippen molar-refractivity contribution in [3.63, 3.8) is 0 Å². The first-order chi connectivity index (χ1) is 16.8. The summed E-state index contributed by atoms with van der Waals surface area (Å²) in [5.41, 5.74) is -0.268. The van der Waals surface area contributed by atoms with Crippen LogP contribution in [0, 0.1) is 10.1 Å². The Hall–Kier alpha value is -3.67. The number of amides is 1. The highest BCUT2D eigenvalue weighted by atomic mass is 16.6. The van der Waals surface area contributed by atoms with Crippen molar-refractivity contribution < 1.29 is 38.3 Å². The second kappa shape index (κ2) is 16.0. The van der Waals surface area contributed by atoms with E-state index in [2.05, 4.69) is 17.2 Å². The largest absolute Gasteiger partial charge is 0.493 e. The van der Waals surface area contributed by atoms with Gasteiger partial charge in [-0.05, 0) is 45.8 Å². The zero-order valence-electron chi connectivity index (χ0n) is 20.2. The number of nitro benzene ring substituents is 1. The number of rotatable bonds is 17. The molecule has 1 aromatic carbocycles. The number of ether oxygens (including phenoxy) is 4. The van der Waals surface area contributed by atoms with Gasteiger partial charge in [0.1, 0.15) is 25.0 Å². The second-order valence-corrected chi connectivity index (χ2v) is 7.39. The van der Waals surface area contributed by atoms with Crippen molar-refractivity contribution in [1.29, 1.82) is 0 Å². The molecular formula is C23H33N3O9. The van der Waals surface area contributed by atoms with Crippen molar-refractivity contribution in [3.8, 4) is 11.5 Å². The Labute approximate surface area is 204 Å². The number of nitrogens with one attached hydrogen (secondary N) is 2. The van der Waals surface area contributed by atoms with Gasteiger partial charge >= 0.3 is 12.1 Å². The van der Waals surface area contributed by atoms with Crippen molar-refractivity contribution in [1.82, 2.24) is 10.6 Å². The van der Waals surface area contributed by atoms with Crippen molar-refractivity contribution in [2.75, 3.05) is 33.9 Å². The highest BCUT2D eigenvalue weighted by molar-refractivity contribution is 5.81. The Bertz CT molecular complexity index is 876. The molecule has 0 aliphatic heterocycles. The standard InChI is InChI=1S/C23H33N3O9/c1-5-12-34-22(28)18(9-8-10-24-3)25-23(29)35-16(2)17-14-20(32-4)21(15-19(17)26(30)31)33-13-7-6-11-27/h5,11,14-16,18,24H,1,6-10,12-13H2,2-4H3,(H,25,29). The fourth-order valence-corrected chi connectivity index (χ4v) is 3.04. The van der Waals surface area contributed by atoms with Crippen LogP contribution >= 0.6 is 0 Å². The van der Waals surface area contributed by atoms with E-state index >= 15 is 0 Å². The fraction of sp³-hybridized carbons (Fsp3) is 0.522. The number of unbranched alkanes of at least 4 members (excludes halogenated alkanes) is 1. The van der Waals surface area contributed by atoms with Gasteiger partial charge in [0.2, 0.25) is 0 Å². The lowest BCUT2D eigenvalue weighted by Gasteiger charge is -2.20. The molecule has 0 saturated carbocycles. The van der Waals surface area contributed by atoms with Crippen LogP contribution in [0.15, 0.2) is 24.8 Å². The molecule has 12 heteroatoms. The lowest BCUT2D eigenvalue weighted by molar-refractivity contribution is -0.386. The normalized spacial score (nSPS) is 12.1. The van der Waals surface area contributed by atoms with E-state index in [-0.39, 0.29) is 36.0 Å². The number of nitrogens with zero attached hydrogens (tertiary/aromatic N) is 1. The lowest BCUT2D eigenvalue weighted by Crippen LogP contribution is -2.42. The summed E-state index contributed by atoms with van der Waals surface area (Å²) in [5.74, 6) is -0.320. The number of hydrogen-bond donors (Lipinski definition) is 2. The SMILES string of the molecule is C=CCOC(=O)C(CCCNC)NC(=O)OC(C)c1cc(OC)c(OCCCC=O)cc1[N+](=O)[O-]. The first-order valence-electron chi connectivity index (χ1n) is 11.1. The van der Waals surface area contributed by atoms with Gasteiger partial charge in [0.15, 0.2) is 11.5 Å². The quantitative estimate of drug-likeness (QED) is 0.0823. The van der Waals surface area contributed by atoms with Gasteiger partial charge in [-0.1, -0.05) is 12.7 Å². The molecule has 0 radical (unpaired) electrons. The van der Waals surface area contributed by atoms with E-state index in [1.54, 1.807) is 7.05 Å². The van der Waals surface area contributed by atoms with Gasteiger partial charge in [-0.3, -0.25) is 10.1 Å². The molecule has 12 nitrogen and oxygen atoms in total. The molecular weight excluding hydrogens is 462 g/mol. The predicted octanol–water partition coefficient (Wildman–Crippen LogP) is 2.85. The summed E-state index contributed by atoms with van der Waals surface area (Å²) in [7, 11) is 3.13. The average Bonchev–Trinajstić information content (AvgIpc) is 2.83. The fourth-order valence-electron chi connectivity index (χ4n) is 3.04.